The van der Waals surface area contributed by atoms with Gasteiger partial charge in [-0.3, -0.25) is 9.59 Å². The maximum Gasteiger partial charge on any atom is 0.311 e. The van der Waals surface area contributed by atoms with Gasteiger partial charge in [-0.25, -0.2) is 4.68 Å². The highest BCUT2D eigenvalue weighted by Gasteiger charge is 2.58. The number of cyclic esters (lactones) is 1. The molecule has 5 heterocycles. The van der Waals surface area contributed by atoms with Crippen LogP contribution in [-0.2, 0) is 49.5 Å². The number of rotatable bonds is 8. The van der Waals surface area contributed by atoms with Crippen molar-refractivity contribution < 1.29 is 48.0 Å². The van der Waals surface area contributed by atoms with E-state index in [1.165, 1.54) is 0 Å². The number of carbonyl (C=O) groups is 2. The topological polar surface area (TPSA) is 152 Å². The Labute approximate surface area is 337 Å². The van der Waals surface area contributed by atoms with Gasteiger partial charge in [0.25, 0.3) is 0 Å². The monoisotopic (exact) mass is 796 g/mol. The molecule has 14 heteroatoms. The molecule has 4 aliphatic heterocycles. The first-order valence-corrected chi connectivity index (χ1v) is 20.6. The molecule has 1 aromatic heterocycles. The van der Waals surface area contributed by atoms with Crippen molar-refractivity contribution in [3.63, 3.8) is 0 Å². The lowest BCUT2D eigenvalue weighted by atomic mass is 9.75. The van der Waals surface area contributed by atoms with Gasteiger partial charge >= 0.3 is 5.97 Å². The number of aromatic nitrogens is 2. The van der Waals surface area contributed by atoms with Crippen molar-refractivity contribution in [3.8, 4) is 5.69 Å². The number of likely N-dealkylation sites (N-methyl/N-ethyl adjacent to an activating group) is 1. The molecule has 14 nitrogen and oxygen atoms in total. The largest absolute Gasteiger partial charge is 0.459 e. The maximum absolute atomic E-state index is 14.2. The van der Waals surface area contributed by atoms with Crippen LogP contribution in [0.15, 0.2) is 41.7 Å². The Morgan fingerprint density at radius 3 is 2.49 bits per heavy atom. The fourth-order valence-corrected chi connectivity index (χ4v) is 9.49. The van der Waals surface area contributed by atoms with Gasteiger partial charge in [0.2, 0.25) is 0 Å². The number of oxime groups is 1. The fraction of sp³-hybridized carbons (Fsp3) is 0.721. The van der Waals surface area contributed by atoms with Crippen LogP contribution in [-0.4, -0.2) is 125 Å². The van der Waals surface area contributed by atoms with E-state index in [0.29, 0.717) is 25.0 Å². The molecule has 4 bridgehead atoms. The summed E-state index contributed by atoms with van der Waals surface area (Å²) in [7, 11) is 3.86. The van der Waals surface area contributed by atoms with Crippen LogP contribution >= 0.6 is 0 Å². The van der Waals surface area contributed by atoms with E-state index in [9.17, 15) is 14.7 Å². The quantitative estimate of drug-likeness (QED) is 0.282. The second-order valence-corrected chi connectivity index (χ2v) is 17.5. The predicted molar refractivity (Wildman–Crippen MR) is 212 cm³/mol. The van der Waals surface area contributed by atoms with E-state index in [-0.39, 0.29) is 43.7 Å². The minimum absolute atomic E-state index is 0.00997. The number of fused-ring (bicyclic) bond motifs is 5. The molecule has 0 saturated carbocycles. The van der Waals surface area contributed by atoms with Crippen molar-refractivity contribution in [2.24, 2.45) is 28.8 Å². The Kier molecular flexibility index (Phi) is 13.3. The fourth-order valence-electron chi connectivity index (χ4n) is 9.49. The van der Waals surface area contributed by atoms with Gasteiger partial charge in [-0.2, -0.15) is 5.10 Å². The molecule has 316 valence electrons. The minimum atomic E-state index is -1.31. The molecule has 2 aromatic rings. The number of aryl methyl sites for hydroxylation is 1. The third-order valence-corrected chi connectivity index (χ3v) is 12.7. The number of carbonyl (C=O) groups excluding carboxylic acids is 2. The number of hydrogen-bond donors (Lipinski definition) is 1. The summed E-state index contributed by atoms with van der Waals surface area (Å²) in [5.41, 5.74) is 0.794. The number of ketones is 1. The molecule has 4 fully saturated rings. The van der Waals surface area contributed by atoms with Crippen molar-refractivity contribution in [1.29, 1.82) is 0 Å². The Bertz CT molecular complexity index is 1750. The van der Waals surface area contributed by atoms with Crippen molar-refractivity contribution >= 4 is 17.5 Å². The van der Waals surface area contributed by atoms with Crippen molar-refractivity contribution in [2.75, 3.05) is 27.3 Å². The number of nitrogens with zero attached hydrogens (tertiary/aromatic N) is 4. The van der Waals surface area contributed by atoms with E-state index >= 15 is 0 Å². The summed E-state index contributed by atoms with van der Waals surface area (Å²) in [5, 5.41) is 20.7. The lowest BCUT2D eigenvalue weighted by Gasteiger charge is -2.48. The van der Waals surface area contributed by atoms with Gasteiger partial charge < -0.3 is 43.3 Å². The molecule has 3 unspecified atom stereocenters. The molecule has 0 radical (unpaired) electrons. The minimum Gasteiger partial charge on any atom is -0.459 e. The number of esters is 1. The summed E-state index contributed by atoms with van der Waals surface area (Å²) in [5.74, 6) is -2.58. The highest BCUT2D eigenvalue weighted by atomic mass is 16.7. The second-order valence-electron chi connectivity index (χ2n) is 17.5. The summed E-state index contributed by atoms with van der Waals surface area (Å²) < 4.78 is 41.6. The van der Waals surface area contributed by atoms with Crippen LogP contribution in [0.5, 0.6) is 0 Å². The van der Waals surface area contributed by atoms with Gasteiger partial charge in [-0.1, -0.05) is 45.0 Å². The molecule has 4 aliphatic rings. The Hall–Kier alpha value is -3.24. The molecule has 57 heavy (non-hydrogen) atoms. The highest BCUT2D eigenvalue weighted by molar-refractivity contribution is 5.92. The average molecular weight is 797 g/mol. The molecule has 1 aromatic carbocycles. The van der Waals surface area contributed by atoms with Crippen LogP contribution < -0.4 is 0 Å². The smallest absolute Gasteiger partial charge is 0.311 e. The normalized spacial score (nSPS) is 40.1. The summed E-state index contributed by atoms with van der Waals surface area (Å²) in [4.78, 5) is 36.2. The van der Waals surface area contributed by atoms with Crippen LogP contribution in [0.3, 0.4) is 0 Å². The van der Waals surface area contributed by atoms with Crippen molar-refractivity contribution in [3.05, 3.63) is 47.8 Å². The first kappa shape index (κ1) is 43.3. The molecular formula is C43H64N4O10. The summed E-state index contributed by atoms with van der Waals surface area (Å²) >= 11 is 0. The van der Waals surface area contributed by atoms with E-state index in [4.69, 9.17) is 33.3 Å². The Morgan fingerprint density at radius 1 is 1.05 bits per heavy atom. The number of aliphatic hydroxyl groups excluding tert-OH is 1. The molecule has 1 N–H and O–H groups in total. The molecule has 0 spiro atoms. The van der Waals surface area contributed by atoms with Gasteiger partial charge in [-0.15, -0.1) is 0 Å². The Balaban J connectivity index is 1.37. The van der Waals surface area contributed by atoms with Crippen LogP contribution in [0.25, 0.3) is 5.69 Å². The molecule has 4 saturated heterocycles. The van der Waals surface area contributed by atoms with Crippen LogP contribution in [0.1, 0.15) is 85.9 Å². The van der Waals surface area contributed by atoms with E-state index in [1.54, 1.807) is 13.8 Å². The number of ether oxygens (including phenoxy) is 6. The average Bonchev–Trinajstić information content (AvgIpc) is 3.72. The van der Waals surface area contributed by atoms with Gasteiger partial charge in [0, 0.05) is 24.1 Å². The molecular weight excluding hydrogens is 732 g/mol. The number of benzene rings is 1. The van der Waals surface area contributed by atoms with Crippen molar-refractivity contribution in [1.82, 2.24) is 14.7 Å². The van der Waals surface area contributed by atoms with Gasteiger partial charge in [0.15, 0.2) is 17.7 Å². The van der Waals surface area contributed by atoms with Gasteiger partial charge in [0.05, 0.1) is 60.5 Å². The van der Waals surface area contributed by atoms with Gasteiger partial charge in [-0.05, 0) is 97.7 Å². The van der Waals surface area contributed by atoms with Crippen LogP contribution in [0.4, 0.5) is 0 Å². The molecule has 6 rings (SSSR count). The highest BCUT2D eigenvalue weighted by Crippen LogP contribution is 2.45. The standard InChI is InChI=1S/C43H64N4O10/c1-12-34-43(9)38(49)27(5)36(57-43)24(2)20-42(8)39(56-41-35(48)33(46(10)11)18-26(4)54-41)28(6)37(29(7)40(50)55-34)51-22-31(23-52-42)45-53-21-30-14-13-15-32(19-30)47-17-16-25(3)44-47/h13-17,19,24,26-29,33-37,39,41,48H,12,18,20-23H2,1-11H3/b45-31+/t24-,26-,27?,28-,29-,33+,34-,35-,36?,37+,39-,41+,42+,43?/m1/s1. The zero-order valence-corrected chi connectivity index (χ0v) is 35.5. The van der Waals surface area contributed by atoms with Crippen molar-refractivity contribution in [2.45, 2.75) is 148 Å². The zero-order chi connectivity index (χ0) is 41.4. The van der Waals surface area contributed by atoms with E-state index in [2.05, 4.69) is 17.2 Å². The number of aliphatic hydroxyl groups is 1. The third kappa shape index (κ3) is 9.02. The molecule has 0 aliphatic carbocycles. The van der Waals surface area contributed by atoms with E-state index in [1.807, 2.05) is 102 Å². The second kappa shape index (κ2) is 17.5. The lowest BCUT2D eigenvalue weighted by Crippen LogP contribution is -2.59. The Morgan fingerprint density at radius 2 is 1.81 bits per heavy atom. The number of Topliss-reactive ketones (excluding diaryl/α,β-unsaturated/α-hetero) is 1. The summed E-state index contributed by atoms with van der Waals surface area (Å²) in [6.07, 6.45) is -1.65. The molecule has 14 atom stereocenters. The van der Waals surface area contributed by atoms with Crippen LogP contribution in [0, 0.1) is 30.6 Å². The van der Waals surface area contributed by atoms with E-state index in [0.717, 1.165) is 16.9 Å². The van der Waals surface area contributed by atoms with E-state index < -0.39 is 71.7 Å². The zero-order valence-electron chi connectivity index (χ0n) is 35.5. The lowest BCUT2D eigenvalue weighted by molar-refractivity contribution is -0.302. The maximum atomic E-state index is 14.2. The first-order chi connectivity index (χ1) is 26.9. The van der Waals surface area contributed by atoms with Crippen LogP contribution in [0.2, 0.25) is 0 Å². The number of hydrogen-bond acceptors (Lipinski definition) is 13. The van der Waals surface area contributed by atoms with Gasteiger partial charge in [0.1, 0.15) is 24.5 Å². The first-order valence-electron chi connectivity index (χ1n) is 20.6. The predicted octanol–water partition coefficient (Wildman–Crippen LogP) is 5.04. The summed E-state index contributed by atoms with van der Waals surface area (Å²) in [6, 6.07) is 9.61. The summed E-state index contributed by atoms with van der Waals surface area (Å²) in [6.45, 7) is 17.4. The molecule has 0 amide bonds. The SMILES string of the molecule is CC[C@H]1OC(=O)[C@H](C)[C@H]2OC/C(=N\OCc3cccc(-n4ccc(C)n4)c3)CO[C@@](C)(C[C@@H](C)C3OC1(C)C(=O)C3C)[C@H](O[C@@H]1O[C@H](C)C[C@H](N(C)C)[C@H]1O)[C@@H]2C. The third-order valence-electron chi connectivity index (χ3n) is 12.7.